The quantitative estimate of drug-likeness (QED) is 0.715. The molecule has 0 aliphatic carbocycles. The summed E-state index contributed by atoms with van der Waals surface area (Å²) in [4.78, 5) is 12.3. The van der Waals surface area contributed by atoms with Gasteiger partial charge in [-0.25, -0.2) is 13.6 Å². The Hall–Kier alpha value is -1.93. The molecule has 1 amide bonds. The number of benzene rings is 2. The maximum Gasteiger partial charge on any atom is 0.241 e. The maximum atomic E-state index is 12.3. The molecule has 8 heteroatoms. The van der Waals surface area contributed by atoms with E-state index >= 15 is 0 Å². The van der Waals surface area contributed by atoms with E-state index in [4.69, 9.17) is 16.7 Å². The van der Waals surface area contributed by atoms with Gasteiger partial charge < -0.3 is 5.32 Å². The lowest BCUT2D eigenvalue weighted by atomic mass is 10.1. The molecular weight excluding hydrogens is 362 g/mol. The lowest BCUT2D eigenvalue weighted by Crippen LogP contribution is -2.39. The number of halogens is 1. The van der Waals surface area contributed by atoms with Crippen LogP contribution in [0.1, 0.15) is 25.5 Å². The van der Waals surface area contributed by atoms with E-state index in [0.29, 0.717) is 10.7 Å². The summed E-state index contributed by atoms with van der Waals surface area (Å²) in [5, 5.41) is 11.6. The summed E-state index contributed by atoms with van der Waals surface area (Å²) in [7, 11) is -3.75. The van der Waals surface area contributed by atoms with Crippen molar-refractivity contribution >= 4 is 33.2 Å². The van der Waals surface area contributed by atoms with Crippen molar-refractivity contribution in [3.8, 4) is 0 Å². The minimum atomic E-state index is -3.75. The van der Waals surface area contributed by atoms with E-state index in [-0.39, 0.29) is 16.8 Å². The van der Waals surface area contributed by atoms with Gasteiger partial charge in [0.2, 0.25) is 15.9 Å². The van der Waals surface area contributed by atoms with Crippen molar-refractivity contribution in [1.29, 1.82) is 0 Å². The van der Waals surface area contributed by atoms with Gasteiger partial charge in [0.15, 0.2) is 0 Å². The summed E-state index contributed by atoms with van der Waals surface area (Å²) in [5.41, 5.74) is 1.46. The van der Waals surface area contributed by atoms with Crippen molar-refractivity contribution in [3.05, 3.63) is 59.1 Å². The number of hydrogen-bond donors (Lipinski definition) is 3. The first-order valence-corrected chi connectivity index (χ1v) is 9.54. The third-order valence-electron chi connectivity index (χ3n) is 3.69. The predicted molar refractivity (Wildman–Crippen MR) is 98.9 cm³/mol. The Kier molecular flexibility index (Phi) is 6.18. The largest absolute Gasteiger partial charge is 0.325 e. The highest BCUT2D eigenvalue weighted by Crippen LogP contribution is 2.18. The first-order chi connectivity index (χ1) is 11.7. The molecule has 2 rings (SSSR count). The number of sulfonamides is 1. The van der Waals surface area contributed by atoms with E-state index in [2.05, 4.69) is 10.6 Å². The maximum absolute atomic E-state index is 12.3. The summed E-state index contributed by atoms with van der Waals surface area (Å²) in [6.07, 6.45) is 0. The number of carbonyl (C=O) groups excluding carboxylic acids is 1. The van der Waals surface area contributed by atoms with Gasteiger partial charge in [0, 0.05) is 16.8 Å². The second-order valence-corrected chi connectivity index (χ2v) is 7.72. The van der Waals surface area contributed by atoms with Crippen LogP contribution in [0.4, 0.5) is 5.69 Å². The van der Waals surface area contributed by atoms with Crippen molar-refractivity contribution in [1.82, 2.24) is 5.32 Å². The number of amides is 1. The SMILES string of the molecule is CC(NC(C)c1cccc(Cl)c1)C(=O)Nc1ccc(S(N)(=O)=O)cc1. The zero-order chi connectivity index (χ0) is 18.6. The molecule has 0 aliphatic rings. The predicted octanol–water partition coefficient (Wildman–Crippen LogP) is 2.67. The Morgan fingerprint density at radius 1 is 1.12 bits per heavy atom. The zero-order valence-electron chi connectivity index (χ0n) is 13.9. The van der Waals surface area contributed by atoms with Crippen LogP contribution in [-0.4, -0.2) is 20.4 Å². The summed E-state index contributed by atoms with van der Waals surface area (Å²) in [6, 6.07) is 12.6. The van der Waals surface area contributed by atoms with Crippen LogP contribution in [0, 0.1) is 0 Å². The lowest BCUT2D eigenvalue weighted by molar-refractivity contribution is -0.117. The van der Waals surface area contributed by atoms with Crippen LogP contribution >= 0.6 is 11.6 Å². The molecule has 6 nitrogen and oxygen atoms in total. The van der Waals surface area contributed by atoms with E-state index < -0.39 is 16.1 Å². The van der Waals surface area contributed by atoms with Crippen LogP contribution in [0.2, 0.25) is 5.02 Å². The number of primary sulfonamides is 1. The Labute approximate surface area is 152 Å². The molecule has 2 atom stereocenters. The van der Waals surface area contributed by atoms with Crippen LogP contribution < -0.4 is 15.8 Å². The average molecular weight is 382 g/mol. The van der Waals surface area contributed by atoms with Crippen LogP contribution in [0.3, 0.4) is 0 Å². The van der Waals surface area contributed by atoms with Gasteiger partial charge >= 0.3 is 0 Å². The van der Waals surface area contributed by atoms with E-state index in [0.717, 1.165) is 5.56 Å². The molecule has 25 heavy (non-hydrogen) atoms. The Morgan fingerprint density at radius 2 is 1.76 bits per heavy atom. The zero-order valence-corrected chi connectivity index (χ0v) is 15.4. The topological polar surface area (TPSA) is 101 Å². The Balaban J connectivity index is 1.98. The first kappa shape index (κ1) is 19.4. The first-order valence-electron chi connectivity index (χ1n) is 7.62. The van der Waals surface area contributed by atoms with E-state index in [1.165, 1.54) is 24.3 Å². The van der Waals surface area contributed by atoms with Crippen LogP contribution in [0.15, 0.2) is 53.4 Å². The van der Waals surface area contributed by atoms with Gasteiger partial charge in [0.05, 0.1) is 10.9 Å². The van der Waals surface area contributed by atoms with E-state index in [1.807, 2.05) is 25.1 Å². The van der Waals surface area contributed by atoms with Gasteiger partial charge in [-0.2, -0.15) is 0 Å². The van der Waals surface area contributed by atoms with Gasteiger partial charge in [-0.05, 0) is 55.8 Å². The number of carbonyl (C=O) groups is 1. The van der Waals surface area contributed by atoms with Gasteiger partial charge in [-0.15, -0.1) is 0 Å². The Morgan fingerprint density at radius 3 is 2.32 bits per heavy atom. The van der Waals surface area contributed by atoms with E-state index in [9.17, 15) is 13.2 Å². The fourth-order valence-electron chi connectivity index (χ4n) is 2.30. The second-order valence-electron chi connectivity index (χ2n) is 5.72. The lowest BCUT2D eigenvalue weighted by Gasteiger charge is -2.20. The minimum Gasteiger partial charge on any atom is -0.325 e. The highest BCUT2D eigenvalue weighted by molar-refractivity contribution is 7.89. The molecular formula is C17H20ClN3O3S. The summed E-state index contributed by atoms with van der Waals surface area (Å²) in [5.74, 6) is -0.239. The average Bonchev–Trinajstić information content (AvgIpc) is 2.54. The molecule has 0 fully saturated rings. The molecule has 134 valence electrons. The molecule has 0 radical (unpaired) electrons. The molecule has 0 spiro atoms. The third kappa shape index (κ3) is 5.54. The standard InChI is InChI=1S/C17H20ClN3O3S/c1-11(13-4-3-5-14(18)10-13)20-12(2)17(22)21-15-6-8-16(9-7-15)25(19,23)24/h3-12,20H,1-2H3,(H,21,22)(H2,19,23,24). The molecule has 2 aromatic carbocycles. The number of anilines is 1. The van der Waals surface area contributed by atoms with Crippen LogP contribution in [0.5, 0.6) is 0 Å². The van der Waals surface area contributed by atoms with Gasteiger partial charge in [0.25, 0.3) is 0 Å². The van der Waals surface area contributed by atoms with Crippen LogP contribution in [-0.2, 0) is 14.8 Å². The highest BCUT2D eigenvalue weighted by Gasteiger charge is 2.17. The summed E-state index contributed by atoms with van der Waals surface area (Å²) in [6.45, 7) is 3.69. The van der Waals surface area contributed by atoms with Crippen LogP contribution in [0.25, 0.3) is 0 Å². The van der Waals surface area contributed by atoms with Crippen molar-refractivity contribution in [2.24, 2.45) is 5.14 Å². The highest BCUT2D eigenvalue weighted by atomic mass is 35.5. The number of nitrogens with two attached hydrogens (primary N) is 1. The molecule has 0 saturated carbocycles. The van der Waals surface area contributed by atoms with Gasteiger partial charge in [0.1, 0.15) is 0 Å². The monoisotopic (exact) mass is 381 g/mol. The van der Waals surface area contributed by atoms with Gasteiger partial charge in [-0.1, -0.05) is 23.7 Å². The second kappa shape index (κ2) is 7.97. The van der Waals surface area contributed by atoms with Gasteiger partial charge in [-0.3, -0.25) is 10.1 Å². The molecule has 0 aromatic heterocycles. The summed E-state index contributed by atoms with van der Waals surface area (Å²) < 4.78 is 22.5. The molecule has 2 aromatic rings. The minimum absolute atomic E-state index is 0.00810. The van der Waals surface area contributed by atoms with E-state index in [1.54, 1.807) is 13.0 Å². The van der Waals surface area contributed by atoms with Crippen molar-refractivity contribution in [3.63, 3.8) is 0 Å². The normalized spacial score (nSPS) is 13.9. The molecule has 0 bridgehead atoms. The molecule has 0 saturated heterocycles. The third-order valence-corrected chi connectivity index (χ3v) is 4.86. The van der Waals surface area contributed by atoms with Crippen molar-refractivity contribution < 1.29 is 13.2 Å². The fourth-order valence-corrected chi connectivity index (χ4v) is 3.02. The number of hydrogen-bond acceptors (Lipinski definition) is 4. The fraction of sp³-hybridized carbons (Fsp3) is 0.235. The molecule has 4 N–H and O–H groups in total. The summed E-state index contributed by atoms with van der Waals surface area (Å²) >= 11 is 5.98. The number of rotatable bonds is 6. The molecule has 0 heterocycles. The van der Waals surface area contributed by atoms with Crippen molar-refractivity contribution in [2.45, 2.75) is 30.8 Å². The smallest absolute Gasteiger partial charge is 0.241 e. The molecule has 2 unspecified atom stereocenters. The Bertz CT molecular complexity index is 854. The molecule has 0 aliphatic heterocycles. The number of nitrogens with one attached hydrogen (secondary N) is 2. The van der Waals surface area contributed by atoms with Crippen molar-refractivity contribution in [2.75, 3.05) is 5.32 Å².